The first-order valence-electron chi connectivity index (χ1n) is 7.86. The highest BCUT2D eigenvalue weighted by Gasteiger charge is 2.31. The van der Waals surface area contributed by atoms with Crippen molar-refractivity contribution in [1.29, 1.82) is 0 Å². The van der Waals surface area contributed by atoms with Crippen LogP contribution >= 0.6 is 0 Å². The molecule has 0 heteroatoms. The Hall–Kier alpha value is 0. The SMILES string of the molecule is CC1(C)CCC(CC2CCC(C)(C)CC2)CC1. The molecule has 0 unspecified atom stereocenters. The van der Waals surface area contributed by atoms with Crippen LogP contribution in [0.1, 0.15) is 85.5 Å². The van der Waals surface area contributed by atoms with Gasteiger partial charge >= 0.3 is 0 Å². The lowest BCUT2D eigenvalue weighted by molar-refractivity contribution is 0.133. The minimum atomic E-state index is 0.644. The topological polar surface area (TPSA) is 0 Å². The van der Waals surface area contributed by atoms with Gasteiger partial charge in [-0.3, -0.25) is 0 Å². The van der Waals surface area contributed by atoms with E-state index in [1.165, 1.54) is 51.4 Å². The van der Waals surface area contributed by atoms with Crippen molar-refractivity contribution >= 4 is 0 Å². The van der Waals surface area contributed by atoms with Gasteiger partial charge in [0, 0.05) is 0 Å². The summed E-state index contributed by atoms with van der Waals surface area (Å²) in [5.74, 6) is 2.13. The first-order chi connectivity index (χ1) is 7.86. The molecule has 0 N–H and O–H groups in total. The van der Waals surface area contributed by atoms with E-state index in [2.05, 4.69) is 27.7 Å². The second kappa shape index (κ2) is 4.94. The summed E-state index contributed by atoms with van der Waals surface area (Å²) in [4.78, 5) is 0. The van der Waals surface area contributed by atoms with Crippen molar-refractivity contribution in [2.24, 2.45) is 22.7 Å². The smallest absolute Gasteiger partial charge is 0.0354 e. The van der Waals surface area contributed by atoms with Crippen LogP contribution in [0.4, 0.5) is 0 Å². The van der Waals surface area contributed by atoms with Gasteiger partial charge in [-0.05, 0) is 80.5 Å². The summed E-state index contributed by atoms with van der Waals surface area (Å²) in [6.07, 6.45) is 13.4. The molecule has 0 radical (unpaired) electrons. The van der Waals surface area contributed by atoms with Crippen LogP contribution in [0.15, 0.2) is 0 Å². The third-order valence-electron chi connectivity index (χ3n) is 5.58. The van der Waals surface area contributed by atoms with E-state index in [4.69, 9.17) is 0 Å². The monoisotopic (exact) mass is 236 g/mol. The van der Waals surface area contributed by atoms with Crippen LogP contribution in [0, 0.1) is 22.7 Å². The Balaban J connectivity index is 1.72. The van der Waals surface area contributed by atoms with Crippen LogP contribution in [0.25, 0.3) is 0 Å². The van der Waals surface area contributed by atoms with Crippen molar-refractivity contribution in [2.75, 3.05) is 0 Å². The van der Waals surface area contributed by atoms with E-state index < -0.39 is 0 Å². The van der Waals surface area contributed by atoms with E-state index in [-0.39, 0.29) is 0 Å². The summed E-state index contributed by atoms with van der Waals surface area (Å²) in [6, 6.07) is 0. The standard InChI is InChI=1S/C17H32/c1-16(2)9-5-14(6-10-16)13-15-7-11-17(3,4)12-8-15/h14-15H,5-13H2,1-4H3. The zero-order valence-electron chi connectivity index (χ0n) is 12.5. The molecule has 2 rings (SSSR count). The molecule has 0 aromatic heterocycles. The van der Waals surface area contributed by atoms with Gasteiger partial charge in [-0.15, -0.1) is 0 Å². The van der Waals surface area contributed by atoms with E-state index in [9.17, 15) is 0 Å². The third kappa shape index (κ3) is 4.00. The molecule has 0 bridgehead atoms. The first-order valence-corrected chi connectivity index (χ1v) is 7.86. The van der Waals surface area contributed by atoms with Gasteiger partial charge in [0.1, 0.15) is 0 Å². The Labute approximate surface area is 109 Å². The molecular weight excluding hydrogens is 204 g/mol. The summed E-state index contributed by atoms with van der Waals surface area (Å²) in [5, 5.41) is 0. The fraction of sp³-hybridized carbons (Fsp3) is 1.00. The highest BCUT2D eigenvalue weighted by molar-refractivity contribution is 4.83. The van der Waals surface area contributed by atoms with E-state index in [1.807, 2.05) is 0 Å². The minimum Gasteiger partial charge on any atom is -0.0599 e. The van der Waals surface area contributed by atoms with E-state index in [1.54, 1.807) is 6.42 Å². The minimum absolute atomic E-state index is 0.644. The van der Waals surface area contributed by atoms with Gasteiger partial charge in [-0.25, -0.2) is 0 Å². The van der Waals surface area contributed by atoms with Crippen LogP contribution in [0.2, 0.25) is 0 Å². The van der Waals surface area contributed by atoms with Crippen LogP contribution in [-0.4, -0.2) is 0 Å². The quantitative estimate of drug-likeness (QED) is 0.567. The lowest BCUT2D eigenvalue weighted by Gasteiger charge is -2.39. The Morgan fingerprint density at radius 3 is 1.24 bits per heavy atom. The second-order valence-electron chi connectivity index (χ2n) is 8.45. The molecule has 100 valence electrons. The Morgan fingerprint density at radius 2 is 0.941 bits per heavy atom. The predicted octanol–water partition coefficient (Wildman–Crippen LogP) is 5.81. The van der Waals surface area contributed by atoms with E-state index in [0.29, 0.717) is 10.8 Å². The third-order valence-corrected chi connectivity index (χ3v) is 5.58. The number of hydrogen-bond acceptors (Lipinski definition) is 0. The summed E-state index contributed by atoms with van der Waals surface area (Å²) < 4.78 is 0. The van der Waals surface area contributed by atoms with Crippen molar-refractivity contribution in [2.45, 2.75) is 85.5 Å². The first kappa shape index (κ1) is 13.4. The van der Waals surface area contributed by atoms with Crippen molar-refractivity contribution in [3.63, 3.8) is 0 Å². The van der Waals surface area contributed by atoms with Gasteiger partial charge in [0.15, 0.2) is 0 Å². The second-order valence-corrected chi connectivity index (χ2v) is 8.45. The van der Waals surface area contributed by atoms with Crippen molar-refractivity contribution in [3.05, 3.63) is 0 Å². The molecule has 0 aromatic carbocycles. The maximum absolute atomic E-state index is 2.45. The molecule has 0 nitrogen and oxygen atoms in total. The van der Waals surface area contributed by atoms with Crippen molar-refractivity contribution in [1.82, 2.24) is 0 Å². The number of rotatable bonds is 2. The molecule has 0 aliphatic heterocycles. The zero-order valence-corrected chi connectivity index (χ0v) is 12.5. The average Bonchev–Trinajstić information content (AvgIpc) is 2.24. The van der Waals surface area contributed by atoms with Gasteiger partial charge in [-0.1, -0.05) is 27.7 Å². The molecule has 2 aliphatic rings. The molecule has 0 atom stereocenters. The molecular formula is C17H32. The van der Waals surface area contributed by atoms with Crippen molar-refractivity contribution in [3.8, 4) is 0 Å². The maximum atomic E-state index is 2.45. The summed E-state index contributed by atoms with van der Waals surface area (Å²) in [7, 11) is 0. The van der Waals surface area contributed by atoms with Gasteiger partial charge in [0.25, 0.3) is 0 Å². The molecule has 17 heavy (non-hydrogen) atoms. The van der Waals surface area contributed by atoms with E-state index >= 15 is 0 Å². The summed E-state index contributed by atoms with van der Waals surface area (Å²) in [6.45, 7) is 9.80. The van der Waals surface area contributed by atoms with Gasteiger partial charge in [-0.2, -0.15) is 0 Å². The largest absolute Gasteiger partial charge is 0.0599 e. The van der Waals surface area contributed by atoms with Crippen molar-refractivity contribution < 1.29 is 0 Å². The molecule has 0 heterocycles. The van der Waals surface area contributed by atoms with E-state index in [0.717, 1.165) is 11.8 Å². The van der Waals surface area contributed by atoms with Crippen LogP contribution in [-0.2, 0) is 0 Å². The molecule has 2 aliphatic carbocycles. The Kier molecular flexibility index (Phi) is 3.90. The van der Waals surface area contributed by atoms with Gasteiger partial charge < -0.3 is 0 Å². The maximum Gasteiger partial charge on any atom is -0.0354 e. The zero-order chi connectivity index (χ0) is 12.5. The normalized spacial score (nSPS) is 30.4. The van der Waals surface area contributed by atoms with Gasteiger partial charge in [0.05, 0.1) is 0 Å². The molecule has 0 amide bonds. The molecule has 0 spiro atoms. The van der Waals surface area contributed by atoms with Crippen LogP contribution in [0.5, 0.6) is 0 Å². The summed E-state index contributed by atoms with van der Waals surface area (Å²) >= 11 is 0. The summed E-state index contributed by atoms with van der Waals surface area (Å²) in [5.41, 5.74) is 1.29. The van der Waals surface area contributed by atoms with Crippen LogP contribution in [0.3, 0.4) is 0 Å². The predicted molar refractivity (Wildman–Crippen MR) is 76.1 cm³/mol. The van der Waals surface area contributed by atoms with Gasteiger partial charge in [0.2, 0.25) is 0 Å². The average molecular weight is 236 g/mol. The fourth-order valence-corrected chi connectivity index (χ4v) is 3.86. The fourth-order valence-electron chi connectivity index (χ4n) is 3.86. The Morgan fingerprint density at radius 1 is 0.647 bits per heavy atom. The molecule has 0 saturated heterocycles. The number of hydrogen-bond donors (Lipinski definition) is 0. The highest BCUT2D eigenvalue weighted by atomic mass is 14.4. The lowest BCUT2D eigenvalue weighted by atomic mass is 9.67. The highest BCUT2D eigenvalue weighted by Crippen LogP contribution is 2.44. The Bertz CT molecular complexity index is 203. The molecule has 2 fully saturated rings. The molecule has 0 aromatic rings. The molecule has 2 saturated carbocycles. The van der Waals surface area contributed by atoms with Crippen LogP contribution < -0.4 is 0 Å². The lowest BCUT2D eigenvalue weighted by Crippen LogP contribution is -2.26.